The number of aromatic nitrogens is 3. The molecule has 1 aromatic heterocycles. The number of H-pyrrole nitrogens is 1. The van der Waals surface area contributed by atoms with E-state index in [0.717, 1.165) is 31.8 Å². The van der Waals surface area contributed by atoms with Crippen LogP contribution in [0.15, 0.2) is 23.0 Å². The molecule has 0 amide bonds. The molecule has 0 bridgehead atoms. The van der Waals surface area contributed by atoms with Gasteiger partial charge < -0.3 is 9.47 Å². The second kappa shape index (κ2) is 6.31. The minimum absolute atomic E-state index is 0.144. The maximum absolute atomic E-state index is 11.8. The van der Waals surface area contributed by atoms with Crippen LogP contribution in [0.25, 0.3) is 0 Å². The summed E-state index contributed by atoms with van der Waals surface area (Å²) in [5, 5.41) is 6.50. The van der Waals surface area contributed by atoms with Crippen LogP contribution in [0.2, 0.25) is 0 Å². The summed E-state index contributed by atoms with van der Waals surface area (Å²) in [5.41, 5.74) is 2.02. The fraction of sp³-hybridized carbons (Fsp3) is 0.556. The van der Waals surface area contributed by atoms with Crippen molar-refractivity contribution in [3.05, 3.63) is 45.6 Å². The molecule has 1 aromatic carbocycles. The number of nitrogens with zero attached hydrogens (tertiary/aromatic N) is 3. The van der Waals surface area contributed by atoms with Gasteiger partial charge in [-0.3, -0.25) is 9.47 Å². The molecule has 2 aliphatic heterocycles. The van der Waals surface area contributed by atoms with Gasteiger partial charge in [0.1, 0.15) is 24.6 Å². The lowest BCUT2D eigenvalue weighted by molar-refractivity contribution is -0.0831. The summed E-state index contributed by atoms with van der Waals surface area (Å²) in [4.78, 5) is 14.2. The number of hydrogen-bond acceptors (Lipinski definition) is 5. The molecule has 1 spiro atoms. The molecule has 1 atom stereocenters. The van der Waals surface area contributed by atoms with Gasteiger partial charge >= 0.3 is 5.69 Å². The Bertz CT molecular complexity index is 828. The van der Waals surface area contributed by atoms with Crippen molar-refractivity contribution in [3.8, 4) is 5.75 Å². The van der Waals surface area contributed by atoms with Crippen LogP contribution in [0.5, 0.6) is 5.75 Å². The minimum atomic E-state index is -0.278. The molecule has 25 heavy (non-hydrogen) atoms. The van der Waals surface area contributed by atoms with E-state index in [-0.39, 0.29) is 11.3 Å². The first kappa shape index (κ1) is 16.4. The van der Waals surface area contributed by atoms with E-state index in [1.165, 1.54) is 11.1 Å². The number of aryl methyl sites for hydroxylation is 1. The Morgan fingerprint density at radius 2 is 2.24 bits per heavy atom. The van der Waals surface area contributed by atoms with E-state index in [0.29, 0.717) is 25.6 Å². The summed E-state index contributed by atoms with van der Waals surface area (Å²) in [5.74, 6) is 1.64. The Kier molecular flexibility index (Phi) is 4.13. The molecular weight excluding hydrogens is 320 g/mol. The Morgan fingerprint density at radius 1 is 1.36 bits per heavy atom. The number of aromatic amines is 1. The molecule has 7 heteroatoms. The summed E-state index contributed by atoms with van der Waals surface area (Å²) in [7, 11) is 0. The van der Waals surface area contributed by atoms with Gasteiger partial charge in [-0.2, -0.15) is 5.10 Å². The highest BCUT2D eigenvalue weighted by atomic mass is 16.5. The van der Waals surface area contributed by atoms with E-state index in [2.05, 4.69) is 35.0 Å². The highest BCUT2D eigenvalue weighted by Gasteiger charge is 2.43. The maximum atomic E-state index is 11.8. The quantitative estimate of drug-likeness (QED) is 0.903. The predicted molar refractivity (Wildman–Crippen MR) is 92.8 cm³/mol. The lowest BCUT2D eigenvalue weighted by Gasteiger charge is -2.33. The number of fused-ring (bicyclic) bond motifs is 1. The first-order valence-electron chi connectivity index (χ1n) is 8.76. The molecule has 1 unspecified atom stereocenters. The largest absolute Gasteiger partial charge is 0.492 e. The van der Waals surface area contributed by atoms with Crippen LogP contribution >= 0.6 is 0 Å². The normalized spacial score (nSPS) is 23.1. The smallest absolute Gasteiger partial charge is 0.343 e. The van der Waals surface area contributed by atoms with Crippen LogP contribution in [0.4, 0.5) is 0 Å². The van der Waals surface area contributed by atoms with Crippen LogP contribution in [0, 0.1) is 13.8 Å². The van der Waals surface area contributed by atoms with Crippen LogP contribution in [-0.2, 0) is 17.9 Å². The average Bonchev–Trinajstić information content (AvgIpc) is 3.16. The Labute approximate surface area is 146 Å². The Balaban J connectivity index is 1.33. The van der Waals surface area contributed by atoms with Crippen molar-refractivity contribution in [2.75, 3.05) is 26.2 Å². The molecule has 7 nitrogen and oxygen atoms in total. The Morgan fingerprint density at radius 3 is 3.12 bits per heavy atom. The Hall–Kier alpha value is -2.12. The van der Waals surface area contributed by atoms with Gasteiger partial charge in [0.15, 0.2) is 5.82 Å². The number of ether oxygens (including phenoxy) is 2. The van der Waals surface area contributed by atoms with E-state index >= 15 is 0 Å². The van der Waals surface area contributed by atoms with Gasteiger partial charge in [0.05, 0.1) is 6.54 Å². The minimum Gasteiger partial charge on any atom is -0.492 e. The summed E-state index contributed by atoms with van der Waals surface area (Å²) >= 11 is 0. The monoisotopic (exact) mass is 344 g/mol. The van der Waals surface area contributed by atoms with Crippen LogP contribution < -0.4 is 10.4 Å². The van der Waals surface area contributed by atoms with E-state index in [4.69, 9.17) is 9.47 Å². The zero-order valence-electron chi connectivity index (χ0n) is 14.7. The SMILES string of the molecule is Cc1cccc(OCCN2CCC3(C2)Cn2c(n[nH]c2=O)CO3)c1C. The fourth-order valence-corrected chi connectivity index (χ4v) is 3.71. The van der Waals surface area contributed by atoms with Crippen molar-refractivity contribution in [2.24, 2.45) is 0 Å². The van der Waals surface area contributed by atoms with E-state index in [1.54, 1.807) is 4.57 Å². The number of rotatable bonds is 4. The van der Waals surface area contributed by atoms with Crippen molar-refractivity contribution in [3.63, 3.8) is 0 Å². The first-order chi connectivity index (χ1) is 12.1. The van der Waals surface area contributed by atoms with E-state index in [9.17, 15) is 4.79 Å². The molecule has 0 radical (unpaired) electrons. The third-order valence-corrected chi connectivity index (χ3v) is 5.41. The molecule has 134 valence electrons. The second-order valence-corrected chi connectivity index (χ2v) is 7.08. The van der Waals surface area contributed by atoms with Gasteiger partial charge in [0.25, 0.3) is 0 Å². The van der Waals surface area contributed by atoms with Gasteiger partial charge in [-0.15, -0.1) is 0 Å². The molecule has 1 saturated heterocycles. The second-order valence-electron chi connectivity index (χ2n) is 7.08. The summed E-state index contributed by atoms with van der Waals surface area (Å²) in [6, 6.07) is 6.14. The average molecular weight is 344 g/mol. The molecule has 4 rings (SSSR count). The lowest BCUT2D eigenvalue weighted by atomic mass is 10.0. The first-order valence-corrected chi connectivity index (χ1v) is 8.76. The summed E-state index contributed by atoms with van der Waals surface area (Å²) in [6.07, 6.45) is 0.924. The fourth-order valence-electron chi connectivity index (χ4n) is 3.71. The van der Waals surface area contributed by atoms with Crippen molar-refractivity contribution in [1.29, 1.82) is 0 Å². The molecule has 2 aromatic rings. The molecule has 0 aliphatic carbocycles. The zero-order valence-corrected chi connectivity index (χ0v) is 14.7. The van der Waals surface area contributed by atoms with Crippen molar-refractivity contribution >= 4 is 0 Å². The van der Waals surface area contributed by atoms with Crippen molar-refractivity contribution < 1.29 is 9.47 Å². The standard InChI is InChI=1S/C18H24N4O3/c1-13-4-3-5-15(14(13)2)24-9-8-21-7-6-18(11-21)12-22-16(10-25-18)19-20-17(22)23/h3-5H,6-12H2,1-2H3,(H,20,23). The van der Waals surface area contributed by atoms with Gasteiger partial charge in [-0.25, -0.2) is 9.89 Å². The molecule has 2 aliphatic rings. The van der Waals surface area contributed by atoms with Gasteiger partial charge in [-0.1, -0.05) is 12.1 Å². The van der Waals surface area contributed by atoms with Gasteiger partial charge in [0, 0.05) is 19.6 Å². The molecule has 1 fully saturated rings. The third-order valence-electron chi connectivity index (χ3n) is 5.41. The summed E-state index contributed by atoms with van der Waals surface area (Å²) < 4.78 is 13.7. The number of hydrogen-bond donors (Lipinski definition) is 1. The van der Waals surface area contributed by atoms with Crippen molar-refractivity contribution in [1.82, 2.24) is 19.7 Å². The highest BCUT2D eigenvalue weighted by molar-refractivity contribution is 5.38. The molecule has 1 N–H and O–H groups in total. The van der Waals surface area contributed by atoms with Crippen LogP contribution in [0.1, 0.15) is 23.4 Å². The molecular formula is C18H24N4O3. The van der Waals surface area contributed by atoms with Crippen LogP contribution in [0.3, 0.4) is 0 Å². The maximum Gasteiger partial charge on any atom is 0.343 e. The van der Waals surface area contributed by atoms with Crippen molar-refractivity contribution in [2.45, 2.75) is 39.0 Å². The number of likely N-dealkylation sites (tertiary alicyclic amines) is 1. The number of benzene rings is 1. The van der Waals surface area contributed by atoms with E-state index < -0.39 is 0 Å². The zero-order chi connectivity index (χ0) is 17.4. The predicted octanol–water partition coefficient (Wildman–Crippen LogP) is 1.24. The summed E-state index contributed by atoms with van der Waals surface area (Å²) in [6.45, 7) is 8.43. The molecule has 0 saturated carbocycles. The third kappa shape index (κ3) is 3.09. The highest BCUT2D eigenvalue weighted by Crippen LogP contribution is 2.31. The van der Waals surface area contributed by atoms with E-state index in [1.807, 2.05) is 12.1 Å². The lowest BCUT2D eigenvalue weighted by Crippen LogP contribution is -2.46. The van der Waals surface area contributed by atoms with Gasteiger partial charge in [0.2, 0.25) is 0 Å². The van der Waals surface area contributed by atoms with Crippen LogP contribution in [-0.4, -0.2) is 51.5 Å². The number of nitrogens with one attached hydrogen (secondary N) is 1. The molecule has 3 heterocycles. The van der Waals surface area contributed by atoms with Gasteiger partial charge in [-0.05, 0) is 37.5 Å². The topological polar surface area (TPSA) is 72.4 Å².